The standard InChI is InChI=1S/C18H27N.C3H8/c1-4-13-14-7-5-9-16(14)18(11-12-19(2)3)17-10-6-8-15(13)17;1-3-2/h4-12H2,1-3H3;3H2,1-2H3. The van der Waals surface area contributed by atoms with Gasteiger partial charge in [0.15, 0.2) is 0 Å². The van der Waals surface area contributed by atoms with Crippen molar-refractivity contribution in [1.82, 2.24) is 4.90 Å². The minimum Gasteiger partial charge on any atom is -0.309 e. The van der Waals surface area contributed by atoms with E-state index < -0.39 is 0 Å². The molecule has 0 spiro atoms. The summed E-state index contributed by atoms with van der Waals surface area (Å²) in [5, 5.41) is 0. The monoisotopic (exact) mass is 301 g/mol. The lowest BCUT2D eigenvalue weighted by molar-refractivity contribution is 0.412. The number of likely N-dealkylation sites (N-methyl/N-ethyl adjacent to an activating group) is 1. The van der Waals surface area contributed by atoms with Crippen molar-refractivity contribution in [3.05, 3.63) is 33.4 Å². The minimum absolute atomic E-state index is 1.20. The number of fused-ring (bicyclic) bond motifs is 2. The Morgan fingerprint density at radius 3 is 1.50 bits per heavy atom. The smallest absolute Gasteiger partial charge is 0.00159 e. The molecular weight excluding hydrogens is 266 g/mol. The highest BCUT2D eigenvalue weighted by atomic mass is 15.0. The summed E-state index contributed by atoms with van der Waals surface area (Å²) in [5.41, 5.74) is 10.5. The van der Waals surface area contributed by atoms with Crippen molar-refractivity contribution in [3.63, 3.8) is 0 Å². The molecule has 22 heavy (non-hydrogen) atoms. The molecule has 1 heteroatoms. The van der Waals surface area contributed by atoms with Crippen LogP contribution in [-0.2, 0) is 38.5 Å². The number of rotatable bonds is 4. The third-order valence-electron chi connectivity index (χ3n) is 5.06. The molecule has 0 aromatic heterocycles. The van der Waals surface area contributed by atoms with E-state index in [1.165, 1.54) is 64.3 Å². The van der Waals surface area contributed by atoms with Gasteiger partial charge in [0.05, 0.1) is 0 Å². The van der Waals surface area contributed by atoms with Crippen LogP contribution >= 0.6 is 0 Å². The Morgan fingerprint density at radius 1 is 0.727 bits per heavy atom. The van der Waals surface area contributed by atoms with E-state index in [4.69, 9.17) is 0 Å². The van der Waals surface area contributed by atoms with Crippen molar-refractivity contribution in [2.24, 2.45) is 0 Å². The Balaban J connectivity index is 0.000000545. The SMILES string of the molecule is CCC.CCc1c2c(c(CCN(C)C)c3c1CCC3)CCC2. The van der Waals surface area contributed by atoms with Gasteiger partial charge in [0.1, 0.15) is 0 Å². The molecule has 0 fully saturated rings. The zero-order valence-electron chi connectivity index (χ0n) is 15.5. The molecule has 3 rings (SSSR count). The highest BCUT2D eigenvalue weighted by Gasteiger charge is 2.27. The van der Waals surface area contributed by atoms with Crippen LogP contribution in [0.5, 0.6) is 0 Å². The molecule has 0 radical (unpaired) electrons. The normalized spacial score (nSPS) is 15.5. The van der Waals surface area contributed by atoms with E-state index in [0.29, 0.717) is 0 Å². The Hall–Kier alpha value is -0.820. The van der Waals surface area contributed by atoms with Crippen LogP contribution in [0.1, 0.15) is 73.4 Å². The van der Waals surface area contributed by atoms with Crippen LogP contribution in [0.2, 0.25) is 0 Å². The maximum atomic E-state index is 2.35. The molecule has 1 aromatic rings. The molecule has 1 aromatic carbocycles. The summed E-state index contributed by atoms with van der Waals surface area (Å²) in [6, 6.07) is 0. The van der Waals surface area contributed by atoms with Gasteiger partial charge < -0.3 is 4.90 Å². The van der Waals surface area contributed by atoms with Gasteiger partial charge in [0.2, 0.25) is 0 Å². The first-order valence-corrected chi connectivity index (χ1v) is 9.45. The van der Waals surface area contributed by atoms with E-state index in [1.54, 1.807) is 33.4 Å². The fourth-order valence-corrected chi connectivity index (χ4v) is 4.25. The van der Waals surface area contributed by atoms with Gasteiger partial charge in [-0.05, 0) is 98.8 Å². The fourth-order valence-electron chi connectivity index (χ4n) is 4.25. The topological polar surface area (TPSA) is 3.24 Å². The highest BCUT2D eigenvalue weighted by Crippen LogP contribution is 2.39. The molecule has 0 heterocycles. The van der Waals surface area contributed by atoms with E-state index in [-0.39, 0.29) is 0 Å². The quantitative estimate of drug-likeness (QED) is 0.776. The lowest BCUT2D eigenvalue weighted by atomic mass is 9.86. The molecule has 0 saturated carbocycles. The summed E-state index contributed by atoms with van der Waals surface area (Å²) in [6.07, 6.45) is 11.9. The maximum absolute atomic E-state index is 2.35. The summed E-state index contributed by atoms with van der Waals surface area (Å²) in [6.45, 7) is 7.80. The van der Waals surface area contributed by atoms with E-state index in [9.17, 15) is 0 Å². The maximum Gasteiger partial charge on any atom is 0.00159 e. The lowest BCUT2D eigenvalue weighted by Gasteiger charge is -2.21. The van der Waals surface area contributed by atoms with E-state index in [2.05, 4.69) is 39.8 Å². The summed E-state index contributed by atoms with van der Waals surface area (Å²) in [5.74, 6) is 0. The molecule has 0 amide bonds. The van der Waals surface area contributed by atoms with Crippen molar-refractivity contribution >= 4 is 0 Å². The van der Waals surface area contributed by atoms with Crippen LogP contribution in [-0.4, -0.2) is 25.5 Å². The van der Waals surface area contributed by atoms with Gasteiger partial charge in [0.25, 0.3) is 0 Å². The van der Waals surface area contributed by atoms with E-state index >= 15 is 0 Å². The number of benzene rings is 1. The second-order valence-electron chi connectivity index (χ2n) is 7.19. The summed E-state index contributed by atoms with van der Waals surface area (Å²) in [4.78, 5) is 2.33. The van der Waals surface area contributed by atoms with E-state index in [1.807, 2.05) is 0 Å². The van der Waals surface area contributed by atoms with Crippen molar-refractivity contribution in [2.45, 2.75) is 78.6 Å². The van der Waals surface area contributed by atoms with Crippen LogP contribution in [0.3, 0.4) is 0 Å². The third kappa shape index (κ3) is 3.56. The van der Waals surface area contributed by atoms with Crippen LogP contribution < -0.4 is 0 Å². The fraction of sp³-hybridized carbons (Fsp3) is 0.714. The van der Waals surface area contributed by atoms with Gasteiger partial charge in [-0.3, -0.25) is 0 Å². The molecule has 2 aliphatic rings. The van der Waals surface area contributed by atoms with E-state index in [0.717, 1.165) is 0 Å². The molecule has 2 aliphatic carbocycles. The van der Waals surface area contributed by atoms with Gasteiger partial charge in [-0.2, -0.15) is 0 Å². The van der Waals surface area contributed by atoms with Crippen LogP contribution in [0.15, 0.2) is 0 Å². The average molecular weight is 302 g/mol. The minimum atomic E-state index is 1.20. The predicted molar refractivity (Wildman–Crippen MR) is 98.1 cm³/mol. The van der Waals surface area contributed by atoms with Crippen LogP contribution in [0.25, 0.3) is 0 Å². The molecular formula is C21H35N. The Bertz CT molecular complexity index is 464. The molecule has 0 aliphatic heterocycles. The Morgan fingerprint density at radius 2 is 1.14 bits per heavy atom. The lowest BCUT2D eigenvalue weighted by Crippen LogP contribution is -2.17. The molecule has 0 saturated heterocycles. The number of nitrogens with zero attached hydrogens (tertiary/aromatic N) is 1. The molecule has 0 bridgehead atoms. The predicted octanol–water partition coefficient (Wildman–Crippen LogP) is 4.75. The molecule has 0 unspecified atom stereocenters. The first-order valence-electron chi connectivity index (χ1n) is 9.45. The van der Waals surface area contributed by atoms with Gasteiger partial charge in [-0.1, -0.05) is 27.2 Å². The van der Waals surface area contributed by atoms with Gasteiger partial charge in [0, 0.05) is 6.54 Å². The Kier molecular flexibility index (Phi) is 6.50. The number of hydrogen-bond donors (Lipinski definition) is 0. The van der Waals surface area contributed by atoms with Crippen molar-refractivity contribution in [2.75, 3.05) is 20.6 Å². The summed E-state index contributed by atoms with van der Waals surface area (Å²) in [7, 11) is 4.39. The zero-order valence-corrected chi connectivity index (χ0v) is 15.5. The van der Waals surface area contributed by atoms with Gasteiger partial charge in [-0.25, -0.2) is 0 Å². The molecule has 1 nitrogen and oxygen atoms in total. The van der Waals surface area contributed by atoms with Gasteiger partial charge >= 0.3 is 0 Å². The van der Waals surface area contributed by atoms with Crippen LogP contribution in [0.4, 0.5) is 0 Å². The second kappa shape index (κ2) is 8.15. The van der Waals surface area contributed by atoms with Gasteiger partial charge in [-0.15, -0.1) is 0 Å². The first-order chi connectivity index (χ1) is 10.6. The van der Waals surface area contributed by atoms with Crippen LogP contribution in [0, 0.1) is 0 Å². The zero-order chi connectivity index (χ0) is 16.1. The first kappa shape index (κ1) is 17.5. The molecule has 0 atom stereocenters. The second-order valence-corrected chi connectivity index (χ2v) is 7.19. The summed E-state index contributed by atoms with van der Waals surface area (Å²) < 4.78 is 0. The largest absolute Gasteiger partial charge is 0.309 e. The van der Waals surface area contributed by atoms with Crippen molar-refractivity contribution < 1.29 is 0 Å². The Labute approximate surface area is 138 Å². The van der Waals surface area contributed by atoms with Crippen molar-refractivity contribution in [1.29, 1.82) is 0 Å². The number of hydrogen-bond acceptors (Lipinski definition) is 1. The van der Waals surface area contributed by atoms with Crippen molar-refractivity contribution in [3.8, 4) is 0 Å². The molecule has 0 N–H and O–H groups in total. The summed E-state index contributed by atoms with van der Waals surface area (Å²) >= 11 is 0. The molecule has 124 valence electrons. The average Bonchev–Trinajstić information content (AvgIpc) is 3.12. The highest BCUT2D eigenvalue weighted by molar-refractivity contribution is 5.55. The third-order valence-corrected chi connectivity index (χ3v) is 5.06.